The molecule has 1 aromatic rings. The molecule has 0 heterocycles. The van der Waals surface area contributed by atoms with Gasteiger partial charge in [-0.1, -0.05) is 25.1 Å². The largest absolute Gasteiger partial charge is 0.458 e. The van der Waals surface area contributed by atoms with E-state index in [9.17, 15) is 9.59 Å². The van der Waals surface area contributed by atoms with Gasteiger partial charge in [-0.05, 0) is 39.3 Å². The van der Waals surface area contributed by atoms with Gasteiger partial charge in [0.1, 0.15) is 11.6 Å². The van der Waals surface area contributed by atoms with Crippen LogP contribution in [0.4, 0.5) is 0 Å². The van der Waals surface area contributed by atoms with Gasteiger partial charge in [-0.2, -0.15) is 0 Å². The molecule has 1 rings (SSSR count). The van der Waals surface area contributed by atoms with E-state index < -0.39 is 17.6 Å². The van der Waals surface area contributed by atoms with Crippen molar-refractivity contribution in [2.24, 2.45) is 0 Å². The Kier molecular flexibility index (Phi) is 5.10. The van der Waals surface area contributed by atoms with Crippen molar-refractivity contribution in [1.29, 1.82) is 0 Å². The number of hydrogen-bond acceptors (Lipinski definition) is 3. The minimum Gasteiger partial charge on any atom is -0.458 e. The summed E-state index contributed by atoms with van der Waals surface area (Å²) in [6, 6.07) is 8.19. The smallest absolute Gasteiger partial charge is 0.329 e. The van der Waals surface area contributed by atoms with E-state index in [1.54, 1.807) is 45.0 Å². The first-order valence-electron chi connectivity index (χ1n) is 6.42. The number of ether oxygens (including phenoxy) is 1. The highest BCUT2D eigenvalue weighted by molar-refractivity contribution is 5.96. The van der Waals surface area contributed by atoms with Crippen LogP contribution < -0.4 is 5.32 Å². The summed E-state index contributed by atoms with van der Waals surface area (Å²) in [5.41, 5.74) is -0.0216. The fourth-order valence-corrected chi connectivity index (χ4v) is 1.53. The number of benzene rings is 1. The van der Waals surface area contributed by atoms with Gasteiger partial charge in [0, 0.05) is 5.56 Å². The molecule has 0 aliphatic carbocycles. The third-order valence-electron chi connectivity index (χ3n) is 2.44. The lowest BCUT2D eigenvalue weighted by Crippen LogP contribution is -2.43. The van der Waals surface area contributed by atoms with Crippen molar-refractivity contribution < 1.29 is 14.3 Å². The highest BCUT2D eigenvalue weighted by atomic mass is 16.6. The molecule has 4 heteroatoms. The molecule has 0 aliphatic rings. The number of esters is 1. The summed E-state index contributed by atoms with van der Waals surface area (Å²) in [7, 11) is 0. The zero-order valence-electron chi connectivity index (χ0n) is 11.9. The van der Waals surface area contributed by atoms with Gasteiger partial charge in [0.2, 0.25) is 0 Å². The molecule has 4 nitrogen and oxygen atoms in total. The second-order valence-electron chi connectivity index (χ2n) is 5.33. The third-order valence-corrected chi connectivity index (χ3v) is 2.44. The first-order chi connectivity index (χ1) is 8.83. The fraction of sp³-hybridized carbons (Fsp3) is 0.467. The number of rotatable bonds is 4. The number of carbonyl (C=O) groups is 2. The predicted molar refractivity (Wildman–Crippen MR) is 73.8 cm³/mol. The van der Waals surface area contributed by atoms with Crippen molar-refractivity contribution in [3.63, 3.8) is 0 Å². The molecule has 1 atom stereocenters. The molecule has 0 fully saturated rings. The average molecular weight is 263 g/mol. The number of hydrogen-bond donors (Lipinski definition) is 1. The summed E-state index contributed by atoms with van der Waals surface area (Å²) in [6.45, 7) is 7.24. The maximum Gasteiger partial charge on any atom is 0.329 e. The van der Waals surface area contributed by atoms with Crippen LogP contribution in [0.1, 0.15) is 44.5 Å². The SMILES string of the molecule is CC[C@@H](NC(=O)c1ccccc1)C(=O)OC(C)(C)C. The van der Waals surface area contributed by atoms with Crippen molar-refractivity contribution in [1.82, 2.24) is 5.32 Å². The van der Waals surface area contributed by atoms with Crippen molar-refractivity contribution >= 4 is 11.9 Å². The topological polar surface area (TPSA) is 55.4 Å². The normalized spacial score (nSPS) is 12.6. The molecule has 0 bridgehead atoms. The van der Waals surface area contributed by atoms with Crippen LogP contribution in [-0.4, -0.2) is 23.5 Å². The molecule has 0 spiro atoms. The molecule has 0 saturated carbocycles. The van der Waals surface area contributed by atoms with Crippen molar-refractivity contribution in [3.8, 4) is 0 Å². The number of nitrogens with one attached hydrogen (secondary N) is 1. The van der Waals surface area contributed by atoms with Crippen LogP contribution in [0.5, 0.6) is 0 Å². The fourth-order valence-electron chi connectivity index (χ4n) is 1.53. The van der Waals surface area contributed by atoms with Crippen LogP contribution in [0.3, 0.4) is 0 Å². The van der Waals surface area contributed by atoms with Crippen molar-refractivity contribution in [3.05, 3.63) is 35.9 Å². The zero-order valence-corrected chi connectivity index (χ0v) is 11.9. The third kappa shape index (κ3) is 5.12. The highest BCUT2D eigenvalue weighted by Gasteiger charge is 2.25. The van der Waals surface area contributed by atoms with Gasteiger partial charge in [-0.15, -0.1) is 0 Å². The monoisotopic (exact) mass is 263 g/mol. The minimum atomic E-state index is -0.619. The molecular formula is C15H21NO3. The zero-order chi connectivity index (χ0) is 14.5. The lowest BCUT2D eigenvalue weighted by atomic mass is 10.1. The van der Waals surface area contributed by atoms with E-state index in [2.05, 4.69) is 5.32 Å². The van der Waals surface area contributed by atoms with Crippen LogP contribution in [0.25, 0.3) is 0 Å². The molecule has 1 amide bonds. The molecule has 0 aliphatic heterocycles. The molecule has 0 radical (unpaired) electrons. The Hall–Kier alpha value is -1.84. The van der Waals surface area contributed by atoms with Gasteiger partial charge in [-0.3, -0.25) is 4.79 Å². The summed E-state index contributed by atoms with van der Waals surface area (Å²) >= 11 is 0. The Balaban J connectivity index is 2.67. The van der Waals surface area contributed by atoms with Gasteiger partial charge >= 0.3 is 5.97 Å². The molecular weight excluding hydrogens is 242 g/mol. The van der Waals surface area contributed by atoms with E-state index in [1.165, 1.54) is 0 Å². The molecule has 19 heavy (non-hydrogen) atoms. The lowest BCUT2D eigenvalue weighted by Gasteiger charge is -2.24. The summed E-state index contributed by atoms with van der Waals surface area (Å²) in [5.74, 6) is -0.669. The second kappa shape index (κ2) is 6.36. The first kappa shape index (κ1) is 15.2. The summed E-state index contributed by atoms with van der Waals surface area (Å²) in [4.78, 5) is 23.9. The van der Waals surface area contributed by atoms with E-state index in [4.69, 9.17) is 4.74 Å². The van der Waals surface area contributed by atoms with Crippen molar-refractivity contribution in [2.45, 2.75) is 45.8 Å². The standard InChI is InChI=1S/C15H21NO3/c1-5-12(14(18)19-15(2,3)4)16-13(17)11-9-7-6-8-10-11/h6-10,12H,5H2,1-4H3,(H,16,17)/t12-/m1/s1. The van der Waals surface area contributed by atoms with Gasteiger partial charge in [0.05, 0.1) is 0 Å². The maximum absolute atomic E-state index is 12.0. The molecule has 1 aromatic carbocycles. The lowest BCUT2D eigenvalue weighted by molar-refractivity contribution is -0.157. The van der Waals surface area contributed by atoms with Gasteiger partial charge < -0.3 is 10.1 Å². The van der Waals surface area contributed by atoms with Gasteiger partial charge in [0.25, 0.3) is 5.91 Å². The van der Waals surface area contributed by atoms with E-state index in [0.717, 1.165) is 0 Å². The predicted octanol–water partition coefficient (Wildman–Crippen LogP) is 2.54. The maximum atomic E-state index is 12.0. The van der Waals surface area contributed by atoms with E-state index in [1.807, 2.05) is 13.0 Å². The highest BCUT2D eigenvalue weighted by Crippen LogP contribution is 2.10. The minimum absolute atomic E-state index is 0.265. The van der Waals surface area contributed by atoms with Gasteiger partial charge in [0.15, 0.2) is 0 Å². The second-order valence-corrected chi connectivity index (χ2v) is 5.33. The summed E-state index contributed by atoms with van der Waals surface area (Å²) in [6.07, 6.45) is 0.494. The average Bonchev–Trinajstić information content (AvgIpc) is 2.34. The van der Waals surface area contributed by atoms with E-state index >= 15 is 0 Å². The van der Waals surface area contributed by atoms with E-state index in [0.29, 0.717) is 12.0 Å². The van der Waals surface area contributed by atoms with Crippen LogP contribution in [-0.2, 0) is 9.53 Å². The quantitative estimate of drug-likeness (QED) is 0.849. The van der Waals surface area contributed by atoms with Crippen LogP contribution >= 0.6 is 0 Å². The Labute approximate surface area is 114 Å². The van der Waals surface area contributed by atoms with Crippen LogP contribution in [0.15, 0.2) is 30.3 Å². The molecule has 0 aromatic heterocycles. The first-order valence-corrected chi connectivity index (χ1v) is 6.42. The van der Waals surface area contributed by atoms with Crippen LogP contribution in [0, 0.1) is 0 Å². The number of amides is 1. The van der Waals surface area contributed by atoms with Crippen LogP contribution in [0.2, 0.25) is 0 Å². The Morgan fingerprint density at radius 2 is 1.79 bits per heavy atom. The molecule has 1 N–H and O–H groups in total. The number of carbonyl (C=O) groups excluding carboxylic acids is 2. The Morgan fingerprint density at radius 1 is 1.21 bits per heavy atom. The Bertz CT molecular complexity index is 434. The summed E-state index contributed by atoms with van der Waals surface area (Å²) < 4.78 is 5.27. The van der Waals surface area contributed by atoms with Gasteiger partial charge in [-0.25, -0.2) is 4.79 Å². The molecule has 0 saturated heterocycles. The molecule has 0 unspecified atom stereocenters. The van der Waals surface area contributed by atoms with Crippen molar-refractivity contribution in [2.75, 3.05) is 0 Å². The van der Waals surface area contributed by atoms with E-state index in [-0.39, 0.29) is 5.91 Å². The Morgan fingerprint density at radius 3 is 2.26 bits per heavy atom. The molecule has 104 valence electrons. The summed E-state index contributed by atoms with van der Waals surface area (Å²) in [5, 5.41) is 2.69.